The number of rotatable bonds is 7. The topological polar surface area (TPSA) is 83.9 Å². The zero-order valence-corrected chi connectivity index (χ0v) is 20.1. The van der Waals surface area contributed by atoms with Crippen LogP contribution in [0.15, 0.2) is 52.4 Å². The second-order valence-electron chi connectivity index (χ2n) is 7.65. The van der Waals surface area contributed by atoms with Crippen molar-refractivity contribution < 1.29 is 18.6 Å². The second kappa shape index (κ2) is 8.62. The van der Waals surface area contributed by atoms with Crippen molar-refractivity contribution in [1.29, 1.82) is 0 Å². The predicted molar refractivity (Wildman–Crippen MR) is 132 cm³/mol. The summed E-state index contributed by atoms with van der Waals surface area (Å²) in [5, 5.41) is 8.73. The lowest BCUT2D eigenvalue weighted by Crippen LogP contribution is -1.97. The van der Waals surface area contributed by atoms with E-state index in [4.69, 9.17) is 23.6 Å². The van der Waals surface area contributed by atoms with Crippen LogP contribution in [0.5, 0.6) is 16.7 Å². The first-order chi connectivity index (χ1) is 16.7. The van der Waals surface area contributed by atoms with Crippen molar-refractivity contribution in [2.24, 2.45) is 0 Å². The third kappa shape index (κ3) is 3.84. The molecule has 1 aliphatic carbocycles. The van der Waals surface area contributed by atoms with E-state index in [1.165, 1.54) is 16.9 Å². The second-order valence-corrected chi connectivity index (χ2v) is 9.51. The van der Waals surface area contributed by atoms with Gasteiger partial charge in [-0.05, 0) is 35.8 Å². The van der Waals surface area contributed by atoms with Gasteiger partial charge >= 0.3 is 0 Å². The molecule has 0 bridgehead atoms. The first-order valence-corrected chi connectivity index (χ1v) is 12.3. The van der Waals surface area contributed by atoms with Crippen LogP contribution in [0.1, 0.15) is 23.5 Å². The minimum atomic E-state index is 0.362. The van der Waals surface area contributed by atoms with E-state index in [1.54, 1.807) is 30.1 Å². The van der Waals surface area contributed by atoms with Gasteiger partial charge in [0.1, 0.15) is 34.4 Å². The highest BCUT2D eigenvalue weighted by Crippen LogP contribution is 2.38. The molecule has 0 aliphatic heterocycles. The molecule has 6 rings (SSSR count). The van der Waals surface area contributed by atoms with Gasteiger partial charge in [-0.25, -0.2) is 14.5 Å². The molecule has 0 saturated carbocycles. The van der Waals surface area contributed by atoms with Crippen molar-refractivity contribution >= 4 is 44.2 Å². The number of furan rings is 1. The number of benzene rings is 1. The van der Waals surface area contributed by atoms with E-state index in [1.807, 2.05) is 24.4 Å². The lowest BCUT2D eigenvalue weighted by atomic mass is 10.0. The van der Waals surface area contributed by atoms with Gasteiger partial charge in [0, 0.05) is 17.5 Å². The maximum absolute atomic E-state index is 6.19. The molecule has 0 radical (unpaired) electrons. The molecule has 34 heavy (non-hydrogen) atoms. The molecule has 0 spiro atoms. The Balaban J connectivity index is 1.29. The molecule has 0 saturated heterocycles. The number of fused-ring (bicyclic) bond motifs is 2. The number of hydrogen-bond donors (Lipinski definition) is 0. The van der Waals surface area contributed by atoms with Crippen LogP contribution >= 0.6 is 22.7 Å². The maximum atomic E-state index is 6.19. The summed E-state index contributed by atoms with van der Waals surface area (Å²) >= 11 is 2.97. The van der Waals surface area contributed by atoms with Gasteiger partial charge < -0.3 is 18.6 Å². The molecule has 5 aromatic rings. The van der Waals surface area contributed by atoms with Gasteiger partial charge in [-0.2, -0.15) is 0 Å². The fourth-order valence-corrected chi connectivity index (χ4v) is 5.24. The fraction of sp³-hybridized carbons (Fsp3) is 0.208. The Morgan fingerprint density at radius 2 is 2.06 bits per heavy atom. The Kier molecular flexibility index (Phi) is 5.31. The molecule has 1 aromatic carbocycles. The molecule has 0 unspecified atom stereocenters. The SMILES string of the molecule is COc1cc(OCc2nc(C3=CC=CCC3)cs2)c2cc(-c3cn4nc(OC)sc4n3)oc2c1. The Labute approximate surface area is 202 Å². The van der Waals surface area contributed by atoms with E-state index in [9.17, 15) is 0 Å². The van der Waals surface area contributed by atoms with Crippen LogP contribution in [0.4, 0.5) is 0 Å². The van der Waals surface area contributed by atoms with Crippen molar-refractivity contribution in [3.63, 3.8) is 0 Å². The van der Waals surface area contributed by atoms with E-state index < -0.39 is 0 Å². The summed E-state index contributed by atoms with van der Waals surface area (Å²) < 4.78 is 24.6. The summed E-state index contributed by atoms with van der Waals surface area (Å²) in [6, 6.07) is 5.64. The summed E-state index contributed by atoms with van der Waals surface area (Å²) in [5.41, 5.74) is 3.63. The number of methoxy groups -OCH3 is 2. The van der Waals surface area contributed by atoms with Crippen molar-refractivity contribution in [3.05, 3.63) is 58.7 Å². The van der Waals surface area contributed by atoms with Gasteiger partial charge in [-0.3, -0.25) is 0 Å². The number of aromatic nitrogens is 4. The van der Waals surface area contributed by atoms with E-state index in [-0.39, 0.29) is 0 Å². The monoisotopic (exact) mass is 492 g/mol. The number of thiazole rings is 1. The van der Waals surface area contributed by atoms with E-state index in [2.05, 4.69) is 33.7 Å². The van der Waals surface area contributed by atoms with E-state index >= 15 is 0 Å². The van der Waals surface area contributed by atoms with Crippen LogP contribution < -0.4 is 14.2 Å². The van der Waals surface area contributed by atoms with Crippen LogP contribution in [0.3, 0.4) is 0 Å². The van der Waals surface area contributed by atoms with Gasteiger partial charge in [0.25, 0.3) is 5.19 Å². The molecule has 10 heteroatoms. The summed E-state index contributed by atoms with van der Waals surface area (Å²) in [4.78, 5) is 10.1. The maximum Gasteiger partial charge on any atom is 0.294 e. The van der Waals surface area contributed by atoms with Gasteiger partial charge in [-0.1, -0.05) is 18.2 Å². The lowest BCUT2D eigenvalue weighted by molar-refractivity contribution is 0.306. The minimum Gasteiger partial charge on any atom is -0.496 e. The van der Waals surface area contributed by atoms with Crippen LogP contribution in [0.25, 0.3) is 33.0 Å². The lowest BCUT2D eigenvalue weighted by Gasteiger charge is -2.08. The van der Waals surface area contributed by atoms with Gasteiger partial charge in [0.15, 0.2) is 5.76 Å². The Morgan fingerprint density at radius 3 is 2.85 bits per heavy atom. The highest BCUT2D eigenvalue weighted by Gasteiger charge is 2.18. The average molecular weight is 493 g/mol. The van der Waals surface area contributed by atoms with Crippen LogP contribution in [0, 0.1) is 0 Å². The highest BCUT2D eigenvalue weighted by atomic mass is 32.1. The third-order valence-electron chi connectivity index (χ3n) is 5.51. The first-order valence-electron chi connectivity index (χ1n) is 10.7. The molecule has 172 valence electrons. The van der Waals surface area contributed by atoms with Gasteiger partial charge in [0.05, 0.1) is 31.5 Å². The number of allylic oxidation sites excluding steroid dienone is 4. The Bertz CT molecular complexity index is 1520. The molecule has 0 fully saturated rings. The molecule has 0 amide bonds. The molecule has 0 atom stereocenters. The zero-order valence-electron chi connectivity index (χ0n) is 18.5. The molecular weight excluding hydrogens is 472 g/mol. The van der Waals surface area contributed by atoms with Gasteiger partial charge in [0.2, 0.25) is 4.96 Å². The van der Waals surface area contributed by atoms with Crippen LogP contribution in [-0.2, 0) is 6.61 Å². The summed E-state index contributed by atoms with van der Waals surface area (Å²) in [7, 11) is 3.21. The van der Waals surface area contributed by atoms with Gasteiger partial charge in [-0.15, -0.1) is 16.4 Å². The van der Waals surface area contributed by atoms with Crippen LogP contribution in [-0.4, -0.2) is 33.8 Å². The molecule has 8 nitrogen and oxygen atoms in total. The van der Waals surface area contributed by atoms with Crippen molar-refractivity contribution in [2.75, 3.05) is 14.2 Å². The molecular formula is C24H20N4O4S2. The number of ether oxygens (including phenoxy) is 3. The number of nitrogens with zero attached hydrogens (tertiary/aromatic N) is 4. The molecule has 1 aliphatic rings. The molecule has 0 N–H and O–H groups in total. The predicted octanol–water partition coefficient (Wildman–Crippen LogP) is 5.99. The standard InChI is InChI=1S/C24H20N4O4S2/c1-29-15-8-19(31-12-22-25-18(13-33-22)14-6-4-3-5-7-14)16-10-21(32-20(16)9-15)17-11-28-23(26-17)34-24(27-28)30-2/h3-4,6,8-11,13H,5,7,12H2,1-2H3. The fourth-order valence-electron chi connectivity index (χ4n) is 3.81. The highest BCUT2D eigenvalue weighted by molar-refractivity contribution is 7.18. The largest absolute Gasteiger partial charge is 0.496 e. The third-order valence-corrected chi connectivity index (χ3v) is 7.21. The van der Waals surface area contributed by atoms with Crippen molar-refractivity contribution in [1.82, 2.24) is 19.6 Å². The summed E-state index contributed by atoms with van der Waals surface area (Å²) in [6.45, 7) is 0.362. The zero-order chi connectivity index (χ0) is 23.1. The minimum absolute atomic E-state index is 0.362. The summed E-state index contributed by atoms with van der Waals surface area (Å²) in [6.07, 6.45) is 10.3. The normalized spacial score (nSPS) is 13.5. The van der Waals surface area contributed by atoms with E-state index in [0.717, 1.165) is 33.9 Å². The number of hydrogen-bond acceptors (Lipinski definition) is 9. The Hall–Kier alpha value is -3.63. The first kappa shape index (κ1) is 20.9. The quantitative estimate of drug-likeness (QED) is 0.276. The smallest absolute Gasteiger partial charge is 0.294 e. The molecule has 4 aromatic heterocycles. The molecule has 4 heterocycles. The van der Waals surface area contributed by atoms with Crippen molar-refractivity contribution in [3.8, 4) is 28.1 Å². The number of imidazole rings is 1. The Morgan fingerprint density at radius 1 is 1.12 bits per heavy atom. The van der Waals surface area contributed by atoms with E-state index in [0.29, 0.717) is 40.3 Å². The van der Waals surface area contributed by atoms with Crippen LogP contribution in [0.2, 0.25) is 0 Å². The average Bonchev–Trinajstić information content (AvgIpc) is 3.65. The van der Waals surface area contributed by atoms with Crippen molar-refractivity contribution in [2.45, 2.75) is 19.4 Å². The summed E-state index contributed by atoms with van der Waals surface area (Å²) in [5.74, 6) is 1.94.